The Morgan fingerprint density at radius 1 is 0.926 bits per heavy atom. The molecule has 1 aromatic carbocycles. The molecule has 2 aromatic heterocycles. The van der Waals surface area contributed by atoms with Gasteiger partial charge in [-0.05, 0) is 48.5 Å². The van der Waals surface area contributed by atoms with Gasteiger partial charge < -0.3 is 10.6 Å². The van der Waals surface area contributed by atoms with Crippen molar-refractivity contribution in [2.24, 2.45) is 0 Å². The first-order chi connectivity index (χ1) is 13.2. The Labute approximate surface area is 155 Å². The topological polar surface area (TPSA) is 108 Å². The number of carbonyl (C=O) groups is 2. The van der Waals surface area contributed by atoms with E-state index in [1.54, 1.807) is 48.7 Å². The average molecular weight is 357 g/mol. The molecule has 27 heavy (non-hydrogen) atoms. The zero-order valence-corrected chi connectivity index (χ0v) is 14.2. The van der Waals surface area contributed by atoms with Gasteiger partial charge in [-0.3, -0.25) is 14.6 Å². The highest BCUT2D eigenvalue weighted by Crippen LogP contribution is 2.10. The van der Waals surface area contributed by atoms with E-state index in [1.165, 1.54) is 12.1 Å². The predicted molar refractivity (Wildman–Crippen MR) is 98.8 cm³/mol. The summed E-state index contributed by atoms with van der Waals surface area (Å²) in [6.45, 7) is 0.267. The van der Waals surface area contributed by atoms with E-state index in [1.807, 2.05) is 12.1 Å². The Bertz CT molecular complexity index is 995. The van der Waals surface area contributed by atoms with Crippen molar-refractivity contribution >= 4 is 17.5 Å². The van der Waals surface area contributed by atoms with Gasteiger partial charge in [0.25, 0.3) is 11.8 Å². The number of nitriles is 1. The fourth-order valence-electron chi connectivity index (χ4n) is 2.27. The molecule has 0 spiro atoms. The van der Waals surface area contributed by atoms with Crippen LogP contribution in [-0.2, 0) is 6.54 Å². The minimum Gasteiger partial charge on any atom is -0.345 e. The fraction of sp³-hybridized carbons (Fsp3) is 0.0500. The molecule has 0 aliphatic heterocycles. The normalized spacial score (nSPS) is 9.89. The average Bonchev–Trinajstić information content (AvgIpc) is 2.73. The first kappa shape index (κ1) is 17.8. The molecule has 0 saturated heterocycles. The maximum atomic E-state index is 12.3. The van der Waals surface area contributed by atoms with E-state index < -0.39 is 11.8 Å². The number of rotatable bonds is 5. The predicted octanol–water partition coefficient (Wildman–Crippen LogP) is 2.53. The molecule has 0 atom stereocenters. The Morgan fingerprint density at radius 3 is 2.33 bits per heavy atom. The van der Waals surface area contributed by atoms with Gasteiger partial charge in [-0.2, -0.15) is 5.26 Å². The maximum absolute atomic E-state index is 12.3. The summed E-state index contributed by atoms with van der Waals surface area (Å²) in [6, 6.07) is 18.5. The Balaban J connectivity index is 1.65. The second kappa shape index (κ2) is 8.36. The second-order valence-electron chi connectivity index (χ2n) is 5.56. The molecular formula is C20H15N5O2. The zero-order valence-electron chi connectivity index (χ0n) is 14.2. The molecule has 0 radical (unpaired) electrons. The van der Waals surface area contributed by atoms with Crippen LogP contribution in [0.5, 0.6) is 0 Å². The molecule has 3 aromatic rings. The van der Waals surface area contributed by atoms with E-state index in [0.717, 1.165) is 5.69 Å². The molecule has 0 unspecified atom stereocenters. The number of amides is 2. The number of aromatic nitrogens is 2. The van der Waals surface area contributed by atoms with Gasteiger partial charge in [0.2, 0.25) is 0 Å². The van der Waals surface area contributed by atoms with Gasteiger partial charge in [-0.25, -0.2) is 4.98 Å². The SMILES string of the molecule is N#Cc1ccc(NC(=O)c2cccc(C(=O)NCc3ccccn3)n2)cc1. The fourth-order valence-corrected chi connectivity index (χ4v) is 2.27. The molecule has 0 aliphatic rings. The molecule has 2 amide bonds. The van der Waals surface area contributed by atoms with Gasteiger partial charge in [0.15, 0.2) is 0 Å². The highest BCUT2D eigenvalue weighted by Gasteiger charge is 2.12. The van der Waals surface area contributed by atoms with E-state index in [2.05, 4.69) is 20.6 Å². The third kappa shape index (κ3) is 4.74. The Morgan fingerprint density at radius 2 is 1.67 bits per heavy atom. The summed E-state index contributed by atoms with van der Waals surface area (Å²) in [6.07, 6.45) is 1.65. The molecule has 0 fully saturated rings. The van der Waals surface area contributed by atoms with Gasteiger partial charge in [0.05, 0.1) is 23.9 Å². The summed E-state index contributed by atoms with van der Waals surface area (Å²) < 4.78 is 0. The minimum atomic E-state index is -0.445. The molecule has 7 heteroatoms. The summed E-state index contributed by atoms with van der Waals surface area (Å²) in [7, 11) is 0. The van der Waals surface area contributed by atoms with Crippen molar-refractivity contribution in [1.29, 1.82) is 5.26 Å². The van der Waals surface area contributed by atoms with E-state index in [4.69, 9.17) is 5.26 Å². The van der Waals surface area contributed by atoms with Crippen molar-refractivity contribution in [2.45, 2.75) is 6.54 Å². The number of hydrogen-bond acceptors (Lipinski definition) is 5. The first-order valence-corrected chi connectivity index (χ1v) is 8.12. The number of hydrogen-bond donors (Lipinski definition) is 2. The third-order valence-electron chi connectivity index (χ3n) is 3.64. The van der Waals surface area contributed by atoms with E-state index in [0.29, 0.717) is 11.3 Å². The molecule has 3 rings (SSSR count). The number of nitrogens with one attached hydrogen (secondary N) is 2. The van der Waals surface area contributed by atoms with Crippen LogP contribution in [0.15, 0.2) is 66.9 Å². The maximum Gasteiger partial charge on any atom is 0.274 e. The number of pyridine rings is 2. The highest BCUT2D eigenvalue weighted by molar-refractivity contribution is 6.03. The van der Waals surface area contributed by atoms with E-state index >= 15 is 0 Å². The van der Waals surface area contributed by atoms with Gasteiger partial charge in [0.1, 0.15) is 11.4 Å². The number of anilines is 1. The lowest BCUT2D eigenvalue weighted by molar-refractivity contribution is 0.0945. The minimum absolute atomic E-state index is 0.116. The molecule has 132 valence electrons. The van der Waals surface area contributed by atoms with Crippen molar-refractivity contribution in [2.75, 3.05) is 5.32 Å². The third-order valence-corrected chi connectivity index (χ3v) is 3.64. The molecule has 0 aliphatic carbocycles. The zero-order chi connectivity index (χ0) is 19.1. The number of nitrogens with zero attached hydrogens (tertiary/aromatic N) is 3. The quantitative estimate of drug-likeness (QED) is 0.729. The van der Waals surface area contributed by atoms with Crippen molar-refractivity contribution in [3.05, 3.63) is 89.5 Å². The van der Waals surface area contributed by atoms with Crippen molar-refractivity contribution in [3.8, 4) is 6.07 Å². The number of carbonyl (C=O) groups excluding carboxylic acids is 2. The van der Waals surface area contributed by atoms with Crippen LogP contribution in [0.1, 0.15) is 32.2 Å². The van der Waals surface area contributed by atoms with Gasteiger partial charge >= 0.3 is 0 Å². The summed E-state index contributed by atoms with van der Waals surface area (Å²) in [5.74, 6) is -0.840. The lowest BCUT2D eigenvalue weighted by Crippen LogP contribution is -2.25. The molecule has 2 heterocycles. The molecule has 7 nitrogen and oxygen atoms in total. The van der Waals surface area contributed by atoms with Gasteiger partial charge in [0, 0.05) is 11.9 Å². The van der Waals surface area contributed by atoms with E-state index in [-0.39, 0.29) is 17.9 Å². The summed E-state index contributed by atoms with van der Waals surface area (Å²) in [5.41, 5.74) is 2.01. The van der Waals surface area contributed by atoms with Gasteiger partial charge in [-0.1, -0.05) is 12.1 Å². The van der Waals surface area contributed by atoms with Crippen LogP contribution >= 0.6 is 0 Å². The van der Waals surface area contributed by atoms with E-state index in [9.17, 15) is 9.59 Å². The molecule has 2 N–H and O–H groups in total. The largest absolute Gasteiger partial charge is 0.345 e. The van der Waals surface area contributed by atoms with Crippen molar-refractivity contribution in [3.63, 3.8) is 0 Å². The van der Waals surface area contributed by atoms with Gasteiger partial charge in [-0.15, -0.1) is 0 Å². The smallest absolute Gasteiger partial charge is 0.274 e. The highest BCUT2D eigenvalue weighted by atomic mass is 16.2. The number of benzene rings is 1. The lowest BCUT2D eigenvalue weighted by atomic mass is 10.2. The van der Waals surface area contributed by atoms with Crippen LogP contribution in [0.2, 0.25) is 0 Å². The van der Waals surface area contributed by atoms with Crippen molar-refractivity contribution in [1.82, 2.24) is 15.3 Å². The van der Waals surface area contributed by atoms with Crippen LogP contribution in [0, 0.1) is 11.3 Å². The lowest BCUT2D eigenvalue weighted by Gasteiger charge is -2.07. The Hall–Kier alpha value is -4.05. The first-order valence-electron chi connectivity index (χ1n) is 8.12. The Kier molecular flexibility index (Phi) is 5.50. The summed E-state index contributed by atoms with van der Waals surface area (Å²) >= 11 is 0. The second-order valence-corrected chi connectivity index (χ2v) is 5.56. The summed E-state index contributed by atoms with van der Waals surface area (Å²) in [5, 5.41) is 14.2. The standard InChI is InChI=1S/C20H15N5O2/c21-12-14-7-9-15(10-8-14)24-20(27)18-6-3-5-17(25-18)19(26)23-13-16-4-1-2-11-22-16/h1-11H,13H2,(H,23,26)(H,24,27). The molecule has 0 saturated carbocycles. The van der Waals surface area contributed by atoms with Crippen LogP contribution in [-0.4, -0.2) is 21.8 Å². The van der Waals surface area contributed by atoms with Crippen LogP contribution in [0.3, 0.4) is 0 Å². The monoisotopic (exact) mass is 357 g/mol. The van der Waals surface area contributed by atoms with Crippen LogP contribution < -0.4 is 10.6 Å². The summed E-state index contributed by atoms with van der Waals surface area (Å²) in [4.78, 5) is 32.8. The van der Waals surface area contributed by atoms with Crippen LogP contribution in [0.4, 0.5) is 5.69 Å². The van der Waals surface area contributed by atoms with Crippen molar-refractivity contribution < 1.29 is 9.59 Å². The van der Waals surface area contributed by atoms with Crippen LogP contribution in [0.25, 0.3) is 0 Å². The molecular weight excluding hydrogens is 342 g/mol. The molecule has 0 bridgehead atoms.